The Hall–Kier alpha value is -1.58. The Kier molecular flexibility index (Phi) is 3.40. The highest BCUT2D eigenvalue weighted by Gasteiger charge is 2.36. The maximum absolute atomic E-state index is 12.5. The van der Waals surface area contributed by atoms with Crippen LogP contribution in [0.2, 0.25) is 0 Å². The number of pyridine rings is 1. The summed E-state index contributed by atoms with van der Waals surface area (Å²) in [5.74, 6) is 0.661. The van der Waals surface area contributed by atoms with Gasteiger partial charge in [0.2, 0.25) is 5.56 Å². The van der Waals surface area contributed by atoms with E-state index in [1.54, 1.807) is 12.1 Å². The molecule has 0 bridgehead atoms. The summed E-state index contributed by atoms with van der Waals surface area (Å²) in [5.41, 5.74) is 0.222. The highest BCUT2D eigenvalue weighted by molar-refractivity contribution is 5.92. The van der Waals surface area contributed by atoms with E-state index in [1.165, 1.54) is 31.7 Å². The molecule has 1 unspecified atom stereocenters. The molecule has 1 aromatic heterocycles. The Morgan fingerprint density at radius 3 is 2.68 bits per heavy atom. The average Bonchev–Trinajstić information content (AvgIpc) is 3.08. The maximum atomic E-state index is 12.5. The smallest absolute Gasteiger partial charge is 0.270 e. The Bertz CT molecular complexity index is 517. The zero-order chi connectivity index (χ0) is 13.2. The van der Waals surface area contributed by atoms with Gasteiger partial charge in [0.15, 0.2) is 0 Å². The lowest BCUT2D eigenvalue weighted by Crippen LogP contribution is -2.40. The standard InChI is InChI=1S/C15H20N2O2/c18-14-9-3-7-12(16-14)15(19)17-10-4-8-13(17)11-5-1-2-6-11/h3,7,9,11,13H,1-2,4-6,8,10H2,(H,16,18). The number of hydrogen-bond donors (Lipinski definition) is 1. The van der Waals surface area contributed by atoms with E-state index >= 15 is 0 Å². The van der Waals surface area contributed by atoms with Crippen molar-refractivity contribution in [3.63, 3.8) is 0 Å². The lowest BCUT2D eigenvalue weighted by atomic mass is 9.96. The van der Waals surface area contributed by atoms with Crippen LogP contribution in [0.25, 0.3) is 0 Å². The molecule has 102 valence electrons. The van der Waals surface area contributed by atoms with Crippen LogP contribution < -0.4 is 5.56 Å². The normalized spacial score (nSPS) is 24.0. The van der Waals surface area contributed by atoms with E-state index < -0.39 is 0 Å². The van der Waals surface area contributed by atoms with Gasteiger partial charge < -0.3 is 9.88 Å². The van der Waals surface area contributed by atoms with Gasteiger partial charge in [-0.2, -0.15) is 0 Å². The van der Waals surface area contributed by atoms with Crippen LogP contribution in [0.3, 0.4) is 0 Å². The number of aromatic amines is 1. The highest BCUT2D eigenvalue weighted by Crippen LogP contribution is 2.35. The average molecular weight is 260 g/mol. The molecule has 1 N–H and O–H groups in total. The second-order valence-electron chi connectivity index (χ2n) is 5.68. The molecule has 1 atom stereocenters. The van der Waals surface area contributed by atoms with Crippen LogP contribution in [0.4, 0.5) is 0 Å². The van der Waals surface area contributed by atoms with Gasteiger partial charge in [0.25, 0.3) is 5.91 Å². The van der Waals surface area contributed by atoms with Crippen LogP contribution in [0, 0.1) is 5.92 Å². The largest absolute Gasteiger partial charge is 0.334 e. The molecule has 1 aliphatic heterocycles. The van der Waals surface area contributed by atoms with Gasteiger partial charge in [-0.3, -0.25) is 9.59 Å². The van der Waals surface area contributed by atoms with E-state index in [0.717, 1.165) is 19.4 Å². The van der Waals surface area contributed by atoms with Crippen LogP contribution in [-0.4, -0.2) is 28.4 Å². The Morgan fingerprint density at radius 2 is 1.95 bits per heavy atom. The molecule has 2 fully saturated rings. The number of hydrogen-bond acceptors (Lipinski definition) is 2. The van der Waals surface area contributed by atoms with Crippen LogP contribution in [0.1, 0.15) is 49.0 Å². The van der Waals surface area contributed by atoms with Crippen molar-refractivity contribution in [2.75, 3.05) is 6.54 Å². The van der Waals surface area contributed by atoms with Crippen LogP contribution in [0.5, 0.6) is 0 Å². The molecule has 0 radical (unpaired) electrons. The Balaban J connectivity index is 1.80. The second-order valence-corrected chi connectivity index (χ2v) is 5.68. The van der Waals surface area contributed by atoms with E-state index in [1.807, 2.05) is 4.90 Å². The third-order valence-corrected chi connectivity index (χ3v) is 4.50. The molecule has 1 amide bonds. The van der Waals surface area contributed by atoms with Gasteiger partial charge in [-0.1, -0.05) is 18.9 Å². The minimum Gasteiger partial charge on any atom is -0.334 e. The van der Waals surface area contributed by atoms with Crippen LogP contribution in [0.15, 0.2) is 23.0 Å². The number of rotatable bonds is 2. The van der Waals surface area contributed by atoms with Crippen molar-refractivity contribution in [3.8, 4) is 0 Å². The number of likely N-dealkylation sites (tertiary alicyclic amines) is 1. The molecule has 0 aromatic carbocycles. The minimum absolute atomic E-state index is 0.00731. The number of H-pyrrole nitrogens is 1. The number of nitrogens with zero attached hydrogens (tertiary/aromatic N) is 1. The molecule has 2 aliphatic rings. The molecule has 0 spiro atoms. The first kappa shape index (κ1) is 12.5. The number of aromatic nitrogens is 1. The van der Waals surface area contributed by atoms with Crippen LogP contribution in [-0.2, 0) is 0 Å². The molecule has 4 heteroatoms. The monoisotopic (exact) mass is 260 g/mol. The summed E-state index contributed by atoms with van der Waals surface area (Å²) in [4.78, 5) is 28.5. The first-order chi connectivity index (χ1) is 9.25. The summed E-state index contributed by atoms with van der Waals surface area (Å²) < 4.78 is 0. The fourth-order valence-corrected chi connectivity index (χ4v) is 3.60. The summed E-state index contributed by atoms with van der Waals surface area (Å²) in [5, 5.41) is 0. The topological polar surface area (TPSA) is 53.2 Å². The van der Waals surface area contributed by atoms with Gasteiger partial charge in [0.05, 0.1) is 0 Å². The maximum Gasteiger partial charge on any atom is 0.270 e. The first-order valence-electron chi connectivity index (χ1n) is 7.26. The summed E-state index contributed by atoms with van der Waals surface area (Å²) in [7, 11) is 0. The van der Waals surface area contributed by atoms with Crippen molar-refractivity contribution < 1.29 is 4.79 Å². The summed E-state index contributed by atoms with van der Waals surface area (Å²) >= 11 is 0. The SMILES string of the molecule is O=C(c1cccc(=O)[nH]1)N1CCCC1C1CCCC1. The van der Waals surface area contributed by atoms with E-state index in [-0.39, 0.29) is 11.5 Å². The minimum atomic E-state index is -0.206. The Morgan fingerprint density at radius 1 is 1.16 bits per heavy atom. The third-order valence-electron chi connectivity index (χ3n) is 4.50. The summed E-state index contributed by atoms with van der Waals surface area (Å²) in [6.45, 7) is 0.830. The highest BCUT2D eigenvalue weighted by atomic mass is 16.2. The van der Waals surface area contributed by atoms with E-state index in [9.17, 15) is 9.59 Å². The van der Waals surface area contributed by atoms with Gasteiger partial charge in [-0.05, 0) is 37.7 Å². The summed E-state index contributed by atoms with van der Waals surface area (Å²) in [6.07, 6.45) is 7.30. The molecule has 19 heavy (non-hydrogen) atoms. The molecule has 2 heterocycles. The first-order valence-corrected chi connectivity index (χ1v) is 7.26. The number of carbonyl (C=O) groups is 1. The van der Waals surface area contributed by atoms with E-state index in [0.29, 0.717) is 17.7 Å². The van der Waals surface area contributed by atoms with Gasteiger partial charge in [-0.15, -0.1) is 0 Å². The molecule has 1 saturated carbocycles. The molecule has 1 aliphatic carbocycles. The van der Waals surface area contributed by atoms with Gasteiger partial charge in [-0.25, -0.2) is 0 Å². The second kappa shape index (κ2) is 5.19. The lowest BCUT2D eigenvalue weighted by molar-refractivity contribution is 0.0683. The quantitative estimate of drug-likeness (QED) is 0.886. The van der Waals surface area contributed by atoms with Gasteiger partial charge in [0.1, 0.15) is 5.69 Å². The molecule has 4 nitrogen and oxygen atoms in total. The third kappa shape index (κ3) is 2.44. The predicted octanol–water partition coefficient (Wildman–Crippen LogP) is 2.17. The van der Waals surface area contributed by atoms with Crippen molar-refractivity contribution in [3.05, 3.63) is 34.2 Å². The van der Waals surface area contributed by atoms with Crippen molar-refractivity contribution in [1.82, 2.24) is 9.88 Å². The number of nitrogens with one attached hydrogen (secondary N) is 1. The molecule has 1 saturated heterocycles. The van der Waals surface area contributed by atoms with Crippen molar-refractivity contribution in [2.45, 2.75) is 44.6 Å². The van der Waals surface area contributed by atoms with Gasteiger partial charge >= 0.3 is 0 Å². The van der Waals surface area contributed by atoms with Crippen LogP contribution >= 0.6 is 0 Å². The lowest BCUT2D eigenvalue weighted by Gasteiger charge is -2.29. The van der Waals surface area contributed by atoms with Crippen molar-refractivity contribution in [2.24, 2.45) is 5.92 Å². The van der Waals surface area contributed by atoms with Crippen molar-refractivity contribution in [1.29, 1.82) is 0 Å². The molecular formula is C15H20N2O2. The fourth-order valence-electron chi connectivity index (χ4n) is 3.60. The van der Waals surface area contributed by atoms with Crippen molar-refractivity contribution >= 4 is 5.91 Å². The fraction of sp³-hybridized carbons (Fsp3) is 0.600. The van der Waals surface area contributed by atoms with Gasteiger partial charge in [0, 0.05) is 18.7 Å². The molecule has 1 aromatic rings. The Labute approximate surface area is 112 Å². The zero-order valence-corrected chi connectivity index (χ0v) is 11.1. The summed E-state index contributed by atoms with van der Waals surface area (Å²) in [6, 6.07) is 5.18. The molecule has 3 rings (SSSR count). The predicted molar refractivity (Wildman–Crippen MR) is 73.1 cm³/mol. The zero-order valence-electron chi connectivity index (χ0n) is 11.1. The molecular weight excluding hydrogens is 240 g/mol. The number of amides is 1. The number of carbonyl (C=O) groups excluding carboxylic acids is 1. The van der Waals surface area contributed by atoms with E-state index in [4.69, 9.17) is 0 Å². The van der Waals surface area contributed by atoms with E-state index in [2.05, 4.69) is 4.98 Å².